The number of phenols is 2. The average molecular weight is 229 g/mol. The first-order chi connectivity index (χ1) is 8.16. The standard InChI is InChI=1S/C14H15NO2/c1-10-6-7-13(16)11(8-10)9-15-12-4-2-3-5-14(12)17/h2-8,15-17H,9H2,1H3. The van der Waals surface area contributed by atoms with Crippen LogP contribution in [0.3, 0.4) is 0 Å². The summed E-state index contributed by atoms with van der Waals surface area (Å²) >= 11 is 0. The zero-order chi connectivity index (χ0) is 12.3. The summed E-state index contributed by atoms with van der Waals surface area (Å²) in [6.45, 7) is 2.45. The van der Waals surface area contributed by atoms with Gasteiger partial charge in [0.05, 0.1) is 5.69 Å². The number of phenolic OH excluding ortho intramolecular Hbond substituents is 2. The van der Waals surface area contributed by atoms with Crippen LogP contribution >= 0.6 is 0 Å². The van der Waals surface area contributed by atoms with Gasteiger partial charge in [0.25, 0.3) is 0 Å². The summed E-state index contributed by atoms with van der Waals surface area (Å²) in [6, 6.07) is 12.5. The molecule has 0 amide bonds. The smallest absolute Gasteiger partial charge is 0.138 e. The number of hydrogen-bond acceptors (Lipinski definition) is 3. The molecule has 0 unspecified atom stereocenters. The maximum Gasteiger partial charge on any atom is 0.138 e. The van der Waals surface area contributed by atoms with Crippen molar-refractivity contribution in [2.45, 2.75) is 13.5 Å². The summed E-state index contributed by atoms with van der Waals surface area (Å²) in [6.07, 6.45) is 0. The van der Waals surface area contributed by atoms with Crippen molar-refractivity contribution in [2.24, 2.45) is 0 Å². The van der Waals surface area contributed by atoms with Crippen molar-refractivity contribution in [2.75, 3.05) is 5.32 Å². The Balaban J connectivity index is 2.12. The fraction of sp³-hybridized carbons (Fsp3) is 0.143. The molecule has 2 aromatic carbocycles. The van der Waals surface area contributed by atoms with Gasteiger partial charge in [0, 0.05) is 12.1 Å². The number of rotatable bonds is 3. The van der Waals surface area contributed by atoms with Crippen LogP contribution in [0.1, 0.15) is 11.1 Å². The van der Waals surface area contributed by atoms with E-state index < -0.39 is 0 Å². The lowest BCUT2D eigenvalue weighted by atomic mass is 10.1. The van der Waals surface area contributed by atoms with Gasteiger partial charge in [-0.3, -0.25) is 0 Å². The Bertz CT molecular complexity index is 523. The van der Waals surface area contributed by atoms with E-state index in [0.717, 1.165) is 11.1 Å². The van der Waals surface area contributed by atoms with Crippen LogP contribution in [0.15, 0.2) is 42.5 Å². The summed E-state index contributed by atoms with van der Waals surface area (Å²) in [5, 5.41) is 22.4. The summed E-state index contributed by atoms with van der Waals surface area (Å²) < 4.78 is 0. The van der Waals surface area contributed by atoms with Crippen LogP contribution in [-0.4, -0.2) is 10.2 Å². The lowest BCUT2D eigenvalue weighted by Crippen LogP contribution is -2.00. The first-order valence-electron chi connectivity index (χ1n) is 5.47. The van der Waals surface area contributed by atoms with Crippen LogP contribution in [0.25, 0.3) is 0 Å². The fourth-order valence-corrected chi connectivity index (χ4v) is 1.67. The van der Waals surface area contributed by atoms with Gasteiger partial charge in [-0.25, -0.2) is 0 Å². The van der Waals surface area contributed by atoms with Crippen molar-refractivity contribution < 1.29 is 10.2 Å². The predicted octanol–water partition coefficient (Wildman–Crippen LogP) is 3.02. The summed E-state index contributed by atoms with van der Waals surface area (Å²) in [4.78, 5) is 0. The Morgan fingerprint density at radius 3 is 2.53 bits per heavy atom. The van der Waals surface area contributed by atoms with Gasteiger partial charge in [0.15, 0.2) is 0 Å². The largest absolute Gasteiger partial charge is 0.508 e. The molecule has 3 N–H and O–H groups in total. The Labute approximate surface area is 100 Å². The highest BCUT2D eigenvalue weighted by Gasteiger charge is 2.03. The van der Waals surface area contributed by atoms with Crippen LogP contribution in [0.4, 0.5) is 5.69 Å². The van der Waals surface area contributed by atoms with Gasteiger partial charge in [-0.2, -0.15) is 0 Å². The van der Waals surface area contributed by atoms with E-state index in [2.05, 4.69) is 5.32 Å². The summed E-state index contributed by atoms with van der Waals surface area (Å²) in [5.41, 5.74) is 2.57. The Hall–Kier alpha value is -2.16. The third kappa shape index (κ3) is 2.69. The maximum atomic E-state index is 9.68. The van der Waals surface area contributed by atoms with Crippen molar-refractivity contribution >= 4 is 5.69 Å². The quantitative estimate of drug-likeness (QED) is 0.709. The van der Waals surface area contributed by atoms with Crippen molar-refractivity contribution in [1.29, 1.82) is 0 Å². The SMILES string of the molecule is Cc1ccc(O)c(CNc2ccccc2O)c1. The van der Waals surface area contributed by atoms with Gasteiger partial charge >= 0.3 is 0 Å². The van der Waals surface area contributed by atoms with E-state index in [1.807, 2.05) is 25.1 Å². The summed E-state index contributed by atoms with van der Waals surface area (Å²) in [7, 11) is 0. The summed E-state index contributed by atoms with van der Waals surface area (Å²) in [5.74, 6) is 0.471. The molecule has 0 bridgehead atoms. The van der Waals surface area contributed by atoms with Crippen LogP contribution in [0, 0.1) is 6.92 Å². The van der Waals surface area contributed by atoms with Gasteiger partial charge in [-0.05, 0) is 25.1 Å². The monoisotopic (exact) mass is 229 g/mol. The lowest BCUT2D eigenvalue weighted by molar-refractivity contribution is 0.468. The van der Waals surface area contributed by atoms with Crippen LogP contribution < -0.4 is 5.32 Å². The molecule has 0 radical (unpaired) electrons. The van der Waals surface area contributed by atoms with Crippen LogP contribution in [0.2, 0.25) is 0 Å². The molecule has 0 aromatic heterocycles. The second-order valence-electron chi connectivity index (χ2n) is 4.00. The minimum Gasteiger partial charge on any atom is -0.508 e. The molecule has 2 aromatic rings. The molecule has 2 rings (SSSR count). The van der Waals surface area contributed by atoms with Crippen molar-refractivity contribution in [1.82, 2.24) is 0 Å². The topological polar surface area (TPSA) is 52.5 Å². The minimum absolute atomic E-state index is 0.208. The highest BCUT2D eigenvalue weighted by Crippen LogP contribution is 2.24. The molecular weight excluding hydrogens is 214 g/mol. The molecule has 0 heterocycles. The van der Waals surface area contributed by atoms with Crippen LogP contribution in [0.5, 0.6) is 11.5 Å². The number of nitrogens with one attached hydrogen (secondary N) is 1. The Morgan fingerprint density at radius 2 is 1.76 bits per heavy atom. The third-order valence-corrected chi connectivity index (χ3v) is 2.61. The highest BCUT2D eigenvalue weighted by molar-refractivity contribution is 5.55. The molecular formula is C14H15NO2. The molecule has 0 saturated carbocycles. The van der Waals surface area contributed by atoms with E-state index in [9.17, 15) is 10.2 Å². The van der Waals surface area contributed by atoms with Crippen molar-refractivity contribution in [3.05, 3.63) is 53.6 Å². The van der Waals surface area contributed by atoms with Gasteiger partial charge in [0.1, 0.15) is 11.5 Å². The lowest BCUT2D eigenvalue weighted by Gasteiger charge is -2.10. The van der Waals surface area contributed by atoms with E-state index in [1.54, 1.807) is 24.3 Å². The average Bonchev–Trinajstić information content (AvgIpc) is 2.32. The molecule has 17 heavy (non-hydrogen) atoms. The molecule has 88 valence electrons. The van der Waals surface area contributed by atoms with Gasteiger partial charge in [0.2, 0.25) is 0 Å². The Morgan fingerprint density at radius 1 is 1.00 bits per heavy atom. The minimum atomic E-state index is 0.208. The molecule has 3 heteroatoms. The van der Waals surface area contributed by atoms with Crippen molar-refractivity contribution in [3.63, 3.8) is 0 Å². The first kappa shape index (κ1) is 11.3. The van der Waals surface area contributed by atoms with E-state index >= 15 is 0 Å². The fourth-order valence-electron chi connectivity index (χ4n) is 1.67. The zero-order valence-electron chi connectivity index (χ0n) is 9.64. The van der Waals surface area contributed by atoms with Crippen molar-refractivity contribution in [3.8, 4) is 11.5 Å². The number of anilines is 1. The third-order valence-electron chi connectivity index (χ3n) is 2.61. The molecule has 0 atom stereocenters. The van der Waals surface area contributed by atoms with Gasteiger partial charge in [-0.1, -0.05) is 29.8 Å². The van der Waals surface area contributed by atoms with Crippen LogP contribution in [-0.2, 0) is 6.54 Å². The zero-order valence-corrected chi connectivity index (χ0v) is 9.64. The van der Waals surface area contributed by atoms with E-state index in [-0.39, 0.29) is 11.5 Å². The molecule has 0 spiro atoms. The first-order valence-corrected chi connectivity index (χ1v) is 5.47. The number of para-hydroxylation sites is 2. The Kier molecular flexibility index (Phi) is 3.19. The predicted molar refractivity (Wildman–Crippen MR) is 68.3 cm³/mol. The second-order valence-corrected chi connectivity index (χ2v) is 4.00. The normalized spacial score (nSPS) is 10.2. The van der Waals surface area contributed by atoms with Gasteiger partial charge in [-0.15, -0.1) is 0 Å². The molecule has 0 aliphatic rings. The number of benzene rings is 2. The van der Waals surface area contributed by atoms with Gasteiger partial charge < -0.3 is 15.5 Å². The molecule has 0 aliphatic carbocycles. The highest BCUT2D eigenvalue weighted by atomic mass is 16.3. The number of hydrogen-bond donors (Lipinski definition) is 3. The molecule has 0 aliphatic heterocycles. The second kappa shape index (κ2) is 4.78. The molecule has 0 saturated heterocycles. The van der Waals surface area contributed by atoms with E-state index in [1.165, 1.54) is 0 Å². The maximum absolute atomic E-state index is 9.68. The van der Waals surface area contributed by atoms with E-state index in [4.69, 9.17) is 0 Å². The molecule has 3 nitrogen and oxygen atoms in total. The van der Waals surface area contributed by atoms with E-state index in [0.29, 0.717) is 12.2 Å². The number of aryl methyl sites for hydroxylation is 1. The number of aromatic hydroxyl groups is 2. The molecule has 0 fully saturated rings.